The molecular weight excluding hydrogens is 214 g/mol. The van der Waals surface area contributed by atoms with Crippen LogP contribution < -0.4 is 0 Å². The number of fused-ring (bicyclic) bond motifs is 1. The predicted molar refractivity (Wildman–Crippen MR) is 65.4 cm³/mol. The van der Waals surface area contributed by atoms with Gasteiger partial charge in [-0.1, -0.05) is 32.4 Å². The second-order valence-electron chi connectivity index (χ2n) is 2.63. The van der Waals surface area contributed by atoms with Gasteiger partial charge in [-0.05, 0) is 24.1 Å². The van der Waals surface area contributed by atoms with Crippen molar-refractivity contribution in [1.29, 1.82) is 0 Å². The average Bonchev–Trinajstić information content (AvgIpc) is 2.69. The Morgan fingerprint density at radius 1 is 1.36 bits per heavy atom. The van der Waals surface area contributed by atoms with Crippen LogP contribution in [0.5, 0.6) is 0 Å². The van der Waals surface area contributed by atoms with Crippen LogP contribution in [0.3, 0.4) is 0 Å². The molecule has 1 aromatic heterocycles. The number of halogens is 1. The van der Waals surface area contributed by atoms with Gasteiger partial charge in [0, 0.05) is 0 Å². The van der Waals surface area contributed by atoms with Crippen LogP contribution in [0.4, 0.5) is 0 Å². The summed E-state index contributed by atoms with van der Waals surface area (Å²) in [7, 11) is 0. The highest BCUT2D eigenvalue weighted by Gasteiger charge is 2.02. The summed E-state index contributed by atoms with van der Waals surface area (Å²) in [6, 6.07) is 4.14. The quantitative estimate of drug-likeness (QED) is 0.697. The SMILES string of the molecule is CC.CCc1cc(Cl)c2ncsc2c1. The van der Waals surface area contributed by atoms with Crippen molar-refractivity contribution < 1.29 is 0 Å². The topological polar surface area (TPSA) is 12.9 Å². The van der Waals surface area contributed by atoms with E-state index in [1.165, 1.54) is 10.3 Å². The van der Waals surface area contributed by atoms with Crippen molar-refractivity contribution in [3.63, 3.8) is 0 Å². The molecule has 0 saturated carbocycles. The van der Waals surface area contributed by atoms with Gasteiger partial charge in [0.1, 0.15) is 0 Å². The molecule has 0 N–H and O–H groups in total. The number of rotatable bonds is 1. The lowest BCUT2D eigenvalue weighted by Crippen LogP contribution is -1.79. The third-order valence-corrected chi connectivity index (χ3v) is 2.92. The first-order valence-electron chi connectivity index (χ1n) is 4.83. The third-order valence-electron chi connectivity index (χ3n) is 1.86. The summed E-state index contributed by atoms with van der Waals surface area (Å²) < 4.78 is 1.18. The summed E-state index contributed by atoms with van der Waals surface area (Å²) in [6.45, 7) is 6.12. The molecule has 0 unspecified atom stereocenters. The smallest absolute Gasteiger partial charge is 0.0998 e. The molecule has 0 aliphatic heterocycles. The Balaban J connectivity index is 0.000000461. The molecule has 0 bridgehead atoms. The number of nitrogens with zero attached hydrogens (tertiary/aromatic N) is 1. The zero-order valence-corrected chi connectivity index (χ0v) is 10.2. The normalized spacial score (nSPS) is 9.71. The van der Waals surface area contributed by atoms with E-state index in [0.29, 0.717) is 0 Å². The summed E-state index contributed by atoms with van der Waals surface area (Å²) in [5.74, 6) is 0. The molecule has 0 saturated heterocycles. The van der Waals surface area contributed by atoms with Crippen LogP contribution in [0.2, 0.25) is 5.02 Å². The fraction of sp³-hybridized carbons (Fsp3) is 0.364. The van der Waals surface area contributed by atoms with Gasteiger partial charge in [-0.15, -0.1) is 11.3 Å². The van der Waals surface area contributed by atoms with Gasteiger partial charge in [0.2, 0.25) is 0 Å². The van der Waals surface area contributed by atoms with E-state index >= 15 is 0 Å². The number of hydrogen-bond acceptors (Lipinski definition) is 2. The first-order valence-corrected chi connectivity index (χ1v) is 6.08. The molecule has 0 radical (unpaired) electrons. The minimum Gasteiger partial charge on any atom is -0.243 e. The lowest BCUT2D eigenvalue weighted by atomic mass is 10.2. The summed E-state index contributed by atoms with van der Waals surface area (Å²) in [5.41, 5.74) is 4.03. The minimum absolute atomic E-state index is 0.769. The molecule has 2 aromatic rings. The minimum atomic E-state index is 0.769. The second-order valence-corrected chi connectivity index (χ2v) is 3.92. The predicted octanol–water partition coefficient (Wildman–Crippen LogP) is 4.54. The van der Waals surface area contributed by atoms with Crippen LogP contribution in [-0.2, 0) is 6.42 Å². The Hall–Kier alpha value is -0.600. The van der Waals surface area contributed by atoms with Crippen molar-refractivity contribution in [2.45, 2.75) is 27.2 Å². The van der Waals surface area contributed by atoms with E-state index in [4.69, 9.17) is 11.6 Å². The van der Waals surface area contributed by atoms with Gasteiger partial charge < -0.3 is 0 Å². The zero-order valence-electron chi connectivity index (χ0n) is 8.67. The first kappa shape index (κ1) is 11.5. The second kappa shape index (κ2) is 5.32. The number of thiazole rings is 1. The van der Waals surface area contributed by atoms with Gasteiger partial charge in [-0.25, -0.2) is 4.98 Å². The Kier molecular flexibility index (Phi) is 4.36. The lowest BCUT2D eigenvalue weighted by molar-refractivity contribution is 1.15. The molecule has 0 fully saturated rings. The molecule has 0 atom stereocenters. The van der Waals surface area contributed by atoms with Gasteiger partial charge in [0.05, 0.1) is 20.7 Å². The van der Waals surface area contributed by atoms with Crippen LogP contribution in [-0.4, -0.2) is 4.98 Å². The highest BCUT2D eigenvalue weighted by molar-refractivity contribution is 7.16. The summed E-state index contributed by atoms with van der Waals surface area (Å²) >= 11 is 7.66. The summed E-state index contributed by atoms with van der Waals surface area (Å²) in [6.07, 6.45) is 1.02. The van der Waals surface area contributed by atoms with Crippen LogP contribution >= 0.6 is 22.9 Å². The van der Waals surface area contributed by atoms with Crippen LogP contribution in [0.25, 0.3) is 10.2 Å². The van der Waals surface area contributed by atoms with Crippen molar-refractivity contribution in [2.24, 2.45) is 0 Å². The maximum atomic E-state index is 6.03. The Morgan fingerprint density at radius 3 is 2.71 bits per heavy atom. The van der Waals surface area contributed by atoms with Gasteiger partial charge in [-0.2, -0.15) is 0 Å². The number of hydrogen-bond donors (Lipinski definition) is 0. The van der Waals surface area contributed by atoms with E-state index < -0.39 is 0 Å². The molecule has 0 spiro atoms. The number of aryl methyl sites for hydroxylation is 1. The summed E-state index contributed by atoms with van der Waals surface area (Å²) in [4.78, 5) is 4.18. The van der Waals surface area contributed by atoms with E-state index in [0.717, 1.165) is 17.0 Å². The highest BCUT2D eigenvalue weighted by Crippen LogP contribution is 2.27. The van der Waals surface area contributed by atoms with Crippen molar-refractivity contribution >= 4 is 33.2 Å². The van der Waals surface area contributed by atoms with Crippen molar-refractivity contribution in [3.05, 3.63) is 28.2 Å². The van der Waals surface area contributed by atoms with Gasteiger partial charge >= 0.3 is 0 Å². The van der Waals surface area contributed by atoms with E-state index in [9.17, 15) is 0 Å². The molecule has 1 heterocycles. The van der Waals surface area contributed by atoms with Crippen molar-refractivity contribution in [1.82, 2.24) is 4.98 Å². The summed E-state index contributed by atoms with van der Waals surface area (Å²) in [5, 5.41) is 0.769. The standard InChI is InChI=1S/C9H8ClNS.C2H6/c1-2-6-3-7(10)9-8(4-6)12-5-11-9;1-2/h3-5H,2H2,1H3;1-2H3. The fourth-order valence-electron chi connectivity index (χ4n) is 1.18. The van der Waals surface area contributed by atoms with E-state index in [2.05, 4.69) is 18.0 Å². The molecule has 0 aliphatic rings. The molecule has 76 valence electrons. The monoisotopic (exact) mass is 227 g/mol. The number of aromatic nitrogens is 1. The van der Waals surface area contributed by atoms with Crippen LogP contribution in [0.15, 0.2) is 17.6 Å². The van der Waals surface area contributed by atoms with E-state index in [1.54, 1.807) is 11.3 Å². The zero-order chi connectivity index (χ0) is 10.6. The Morgan fingerprint density at radius 2 is 2.07 bits per heavy atom. The molecule has 0 amide bonds. The molecule has 0 aliphatic carbocycles. The van der Waals surface area contributed by atoms with Gasteiger partial charge in [0.25, 0.3) is 0 Å². The molecular formula is C11H14ClNS. The average molecular weight is 228 g/mol. The Bertz CT molecular complexity index is 409. The molecule has 2 rings (SSSR count). The highest BCUT2D eigenvalue weighted by atomic mass is 35.5. The van der Waals surface area contributed by atoms with Gasteiger partial charge in [-0.3, -0.25) is 0 Å². The maximum Gasteiger partial charge on any atom is 0.0998 e. The molecule has 1 nitrogen and oxygen atoms in total. The van der Waals surface area contributed by atoms with Crippen molar-refractivity contribution in [3.8, 4) is 0 Å². The fourth-order valence-corrected chi connectivity index (χ4v) is 2.29. The molecule has 14 heavy (non-hydrogen) atoms. The number of benzene rings is 1. The first-order chi connectivity index (χ1) is 6.81. The van der Waals surface area contributed by atoms with E-state index in [-0.39, 0.29) is 0 Å². The van der Waals surface area contributed by atoms with Crippen LogP contribution in [0, 0.1) is 0 Å². The van der Waals surface area contributed by atoms with E-state index in [1.807, 2.05) is 25.4 Å². The lowest BCUT2D eigenvalue weighted by Gasteiger charge is -1.97. The third kappa shape index (κ3) is 2.25. The van der Waals surface area contributed by atoms with Gasteiger partial charge in [0.15, 0.2) is 0 Å². The maximum absolute atomic E-state index is 6.03. The Labute approximate surface area is 93.7 Å². The van der Waals surface area contributed by atoms with Crippen LogP contribution in [0.1, 0.15) is 26.3 Å². The van der Waals surface area contributed by atoms with Crippen molar-refractivity contribution in [2.75, 3.05) is 0 Å². The molecule has 3 heteroatoms. The molecule has 1 aromatic carbocycles. The largest absolute Gasteiger partial charge is 0.243 e.